The van der Waals surface area contributed by atoms with Crippen LogP contribution in [-0.4, -0.2) is 102 Å². The predicted octanol–water partition coefficient (Wildman–Crippen LogP) is 9.36. The maximum absolute atomic E-state index is 6.95. The molecular weight excluding hydrogens is 825 g/mol. The lowest BCUT2D eigenvalue weighted by Crippen LogP contribution is -2.65. The van der Waals surface area contributed by atoms with Crippen molar-refractivity contribution in [1.29, 1.82) is 0 Å². The summed E-state index contributed by atoms with van der Waals surface area (Å²) in [5.41, 5.74) is 0. The highest BCUT2D eigenvalue weighted by Gasteiger charge is 2.55. The minimum atomic E-state index is -2.62. The van der Waals surface area contributed by atoms with Crippen LogP contribution in [-0.2, 0) is 45.3 Å². The fourth-order valence-corrected chi connectivity index (χ4v) is 75.2. The molecule has 2 heterocycles. The van der Waals surface area contributed by atoms with Crippen molar-refractivity contribution in [2.45, 2.75) is 168 Å². The highest BCUT2D eigenvalue weighted by molar-refractivity contribution is 6.95. The Labute approximate surface area is 313 Å². The molecule has 0 atom stereocenters. The Morgan fingerprint density at radius 1 is 0.327 bits per heavy atom. The Balaban J connectivity index is 1.99. The topological polar surface area (TPSA) is 102 Å². The minimum Gasteiger partial charge on any atom is -0.436 e. The van der Waals surface area contributed by atoms with Gasteiger partial charge in [-0.2, -0.15) is 0 Å². The van der Waals surface area contributed by atoms with Crippen LogP contribution in [0.1, 0.15) is 0 Å². The van der Waals surface area contributed by atoms with E-state index in [9.17, 15) is 0 Å². The third kappa shape index (κ3) is 17.2. The molecule has 49 heavy (non-hydrogen) atoms. The summed E-state index contributed by atoms with van der Waals surface area (Å²) in [6, 6.07) is 3.74. The summed E-state index contributed by atoms with van der Waals surface area (Å²) in [4.78, 5) is 0. The van der Waals surface area contributed by atoms with E-state index in [2.05, 4.69) is 144 Å². The first-order valence-electron chi connectivity index (χ1n) is 17.9. The van der Waals surface area contributed by atoms with Gasteiger partial charge in [-0.3, -0.25) is 0 Å². The van der Waals surface area contributed by atoms with Crippen molar-refractivity contribution in [2.24, 2.45) is 0 Å². The first kappa shape index (κ1) is 47.3. The van der Waals surface area contributed by atoms with E-state index >= 15 is 0 Å². The molecule has 0 unspecified atom stereocenters. The van der Waals surface area contributed by atoms with E-state index in [-0.39, 0.29) is 0 Å². The minimum absolute atomic E-state index is 0.909. The van der Waals surface area contributed by atoms with Gasteiger partial charge in [0.25, 0.3) is 0 Å². The third-order valence-electron chi connectivity index (χ3n) is 7.71. The summed E-state index contributed by atoms with van der Waals surface area (Å²) < 4.78 is 73.3. The first-order chi connectivity index (χ1) is 21.2. The molecule has 0 aliphatic carbocycles. The summed E-state index contributed by atoms with van der Waals surface area (Å²) in [6.45, 7) is 47.8. The van der Waals surface area contributed by atoms with Crippen LogP contribution in [0.15, 0.2) is 0 Å². The highest BCUT2D eigenvalue weighted by Crippen LogP contribution is 2.38. The lowest BCUT2D eigenvalue weighted by molar-refractivity contribution is 0.231. The van der Waals surface area contributed by atoms with Crippen molar-refractivity contribution in [3.05, 3.63) is 0 Å². The van der Waals surface area contributed by atoms with Gasteiger partial charge in [0.1, 0.15) is 0 Å². The van der Waals surface area contributed by atoms with E-state index in [0.29, 0.717) is 0 Å². The second-order valence-electron chi connectivity index (χ2n) is 19.1. The van der Waals surface area contributed by atoms with Crippen LogP contribution in [0.25, 0.3) is 0 Å². The standard InChI is InChI=1S/C26H74O11Si12/c1-38(2,23-25-48(21)34-44(13,14)32-45(15,16)35-48)27-40(5,6)29-42(9,10)31-43(11,12)30-41(7,8)28-39(3,4)24-26-49(22)36-46(17,18)33-47(19,20)37-49/h23-26H2,1-22H3. The van der Waals surface area contributed by atoms with Crippen molar-refractivity contribution in [3.8, 4) is 0 Å². The molecule has 11 nitrogen and oxygen atoms in total. The van der Waals surface area contributed by atoms with Crippen molar-refractivity contribution in [1.82, 2.24) is 0 Å². The van der Waals surface area contributed by atoms with Crippen LogP contribution < -0.4 is 0 Å². The summed E-state index contributed by atoms with van der Waals surface area (Å²) in [7, 11) is -28.0. The smallest absolute Gasteiger partial charge is 0.317 e. The molecule has 0 aromatic carbocycles. The molecule has 23 heteroatoms. The zero-order valence-corrected chi connectivity index (χ0v) is 47.3. The normalized spacial score (nSPS) is 24.1. The van der Waals surface area contributed by atoms with Gasteiger partial charge in [-0.25, -0.2) is 0 Å². The molecular formula is C26H74O11Si12. The lowest BCUT2D eigenvalue weighted by atomic mass is 10.9. The Hall–Kier alpha value is 2.16. The van der Waals surface area contributed by atoms with Gasteiger partial charge in [0, 0.05) is 0 Å². The van der Waals surface area contributed by atoms with E-state index < -0.39 is 102 Å². The maximum atomic E-state index is 6.95. The monoisotopic (exact) mass is 898 g/mol. The Kier molecular flexibility index (Phi) is 14.7. The number of hydrogen-bond acceptors (Lipinski definition) is 11. The van der Waals surface area contributed by atoms with Crippen molar-refractivity contribution in [2.75, 3.05) is 0 Å². The van der Waals surface area contributed by atoms with Crippen molar-refractivity contribution in [3.63, 3.8) is 0 Å². The summed E-state index contributed by atoms with van der Waals surface area (Å²) >= 11 is 0. The fourth-order valence-electron chi connectivity index (χ4n) is 7.94. The second kappa shape index (κ2) is 15.3. The molecule has 2 aliphatic rings. The molecule has 2 aliphatic heterocycles. The molecule has 0 aromatic heterocycles. The van der Waals surface area contributed by atoms with Gasteiger partial charge in [-0.1, -0.05) is 0 Å². The van der Waals surface area contributed by atoms with Crippen LogP contribution >= 0.6 is 0 Å². The Morgan fingerprint density at radius 3 is 0.755 bits per heavy atom. The van der Waals surface area contributed by atoms with Gasteiger partial charge in [-0.05, 0) is 168 Å². The van der Waals surface area contributed by atoms with Gasteiger partial charge in [0.05, 0.1) is 0 Å². The summed E-state index contributed by atoms with van der Waals surface area (Å²) in [5, 5.41) is 0. The average Bonchev–Trinajstić information content (AvgIpc) is 2.67. The Bertz CT molecular complexity index is 1030. The van der Waals surface area contributed by atoms with Gasteiger partial charge in [-0.15, -0.1) is 0 Å². The predicted molar refractivity (Wildman–Crippen MR) is 229 cm³/mol. The zero-order chi connectivity index (χ0) is 38.6. The number of hydrogen-bond donors (Lipinski definition) is 0. The molecule has 0 N–H and O–H groups in total. The second-order valence-corrected chi connectivity index (χ2v) is 64.1. The fraction of sp³-hybridized carbons (Fsp3) is 1.00. The van der Waals surface area contributed by atoms with Gasteiger partial charge < -0.3 is 45.3 Å². The van der Waals surface area contributed by atoms with Gasteiger partial charge in [0.2, 0.25) is 0 Å². The maximum Gasteiger partial charge on any atom is 0.317 e. The summed E-state index contributed by atoms with van der Waals surface area (Å²) in [6.07, 6.45) is 0. The van der Waals surface area contributed by atoms with Crippen LogP contribution in [0, 0.1) is 0 Å². The molecule has 0 amide bonds. The van der Waals surface area contributed by atoms with Gasteiger partial charge >= 0.3 is 85.6 Å². The van der Waals surface area contributed by atoms with Crippen LogP contribution in [0.4, 0.5) is 0 Å². The first-order valence-corrected chi connectivity index (χ1v) is 51.7. The molecule has 0 aromatic rings. The van der Waals surface area contributed by atoms with E-state index in [1.807, 2.05) is 0 Å². The lowest BCUT2D eigenvalue weighted by Gasteiger charge is -2.48. The van der Waals surface area contributed by atoms with Crippen molar-refractivity contribution < 1.29 is 45.3 Å². The zero-order valence-electron chi connectivity index (χ0n) is 35.3. The molecule has 0 spiro atoms. The number of rotatable bonds is 16. The van der Waals surface area contributed by atoms with E-state index in [1.54, 1.807) is 0 Å². The highest BCUT2D eigenvalue weighted by atomic mass is 28.5. The largest absolute Gasteiger partial charge is 0.436 e. The quantitative estimate of drug-likeness (QED) is 0.139. The molecule has 0 saturated carbocycles. The summed E-state index contributed by atoms with van der Waals surface area (Å²) in [5.74, 6) is 0. The molecule has 2 saturated heterocycles. The third-order valence-corrected chi connectivity index (χ3v) is 56.7. The van der Waals surface area contributed by atoms with Crippen LogP contribution in [0.5, 0.6) is 0 Å². The van der Waals surface area contributed by atoms with Crippen LogP contribution in [0.2, 0.25) is 168 Å². The SMILES string of the molecule is C[Si](C)(CC[Si]1(C)O[Si](C)(C)O[Si](C)(C)O1)O[Si](C)(C)O[Si](C)(C)O[Si](C)(C)O[Si](C)(C)O[Si](C)(C)CC[Si]1(C)O[Si](C)(C)O[Si](C)(C)O1. The van der Waals surface area contributed by atoms with E-state index in [4.69, 9.17) is 45.3 Å². The average molecular weight is 900 g/mol. The van der Waals surface area contributed by atoms with Gasteiger partial charge in [0.15, 0.2) is 16.6 Å². The molecule has 292 valence electrons. The van der Waals surface area contributed by atoms with E-state index in [0.717, 1.165) is 24.2 Å². The van der Waals surface area contributed by atoms with Crippen LogP contribution in [0.3, 0.4) is 0 Å². The molecule has 2 rings (SSSR count). The molecule has 0 bridgehead atoms. The van der Waals surface area contributed by atoms with Crippen molar-refractivity contribution >= 4 is 102 Å². The Morgan fingerprint density at radius 2 is 0.531 bits per heavy atom. The molecule has 2 fully saturated rings. The van der Waals surface area contributed by atoms with E-state index in [1.165, 1.54) is 0 Å². The molecule has 0 radical (unpaired) electrons.